The minimum atomic E-state index is -1.82. The minimum Gasteiger partial charge on any atom is -0.493 e. The van der Waals surface area contributed by atoms with Gasteiger partial charge in [-0.1, -0.05) is 32.0 Å². The molecule has 2 rings (SSSR count). The molecule has 0 spiro atoms. The fourth-order valence-electron chi connectivity index (χ4n) is 7.95. The lowest BCUT2D eigenvalue weighted by Gasteiger charge is -2.42. The molecule has 0 bridgehead atoms. The lowest BCUT2D eigenvalue weighted by Crippen LogP contribution is -2.58. The van der Waals surface area contributed by atoms with Gasteiger partial charge in [0.1, 0.15) is 36.9 Å². The molecule has 8 atom stereocenters. The number of rotatable bonds is 31. The standard InChI is InChI=1S/C51H86N2O15/c1-31(2)49(7,8)68-39(29-55)43(57)44(58)40(46(60)52-24-22-33-20-21-36(62-15)37(27-33)63-16)50(9,10)65-25-23-48(5,6)67-38(28-54)42(56)45(59)41(51(11,12)66-32(3)4)47(61)64-30-34-18-17-19-35(26-34)53(13)14/h17-21,26-27,31-32,38-45,54-59H,22-25,28-30H2,1-16H3,(H,52,60)/t38-,39-,40?,41?,42?,43?,44?,45?/m1/s1. The number of benzene rings is 2. The second-order valence-corrected chi connectivity index (χ2v) is 20.5. The summed E-state index contributed by atoms with van der Waals surface area (Å²) in [7, 11) is 6.84. The first kappa shape index (κ1) is 60.5. The first-order chi connectivity index (χ1) is 31.5. The van der Waals surface area contributed by atoms with E-state index < -0.39 is 96.0 Å². The average Bonchev–Trinajstić information content (AvgIpc) is 3.25. The minimum absolute atomic E-state index is 0.0255. The predicted molar refractivity (Wildman–Crippen MR) is 260 cm³/mol. The predicted octanol–water partition coefficient (Wildman–Crippen LogP) is 4.21. The number of carbonyl (C=O) groups is 2. The largest absolute Gasteiger partial charge is 0.493 e. The summed E-state index contributed by atoms with van der Waals surface area (Å²) < 4.78 is 41.2. The molecule has 7 N–H and O–H groups in total. The number of methoxy groups -OCH3 is 2. The maximum absolute atomic E-state index is 14.2. The smallest absolute Gasteiger partial charge is 0.314 e. The lowest BCUT2D eigenvalue weighted by atomic mass is 9.81. The maximum Gasteiger partial charge on any atom is 0.314 e. The number of amides is 1. The van der Waals surface area contributed by atoms with Crippen molar-refractivity contribution >= 4 is 17.6 Å². The normalized spacial score (nSPS) is 16.4. The van der Waals surface area contributed by atoms with Gasteiger partial charge in [0.25, 0.3) is 0 Å². The molecule has 17 nitrogen and oxygen atoms in total. The number of carbonyl (C=O) groups excluding carboxylic acids is 2. The van der Waals surface area contributed by atoms with E-state index in [0.29, 0.717) is 23.5 Å². The van der Waals surface area contributed by atoms with Gasteiger partial charge in [0.15, 0.2) is 11.5 Å². The fraction of sp³-hybridized carbons (Fsp3) is 0.725. The van der Waals surface area contributed by atoms with Gasteiger partial charge in [-0.3, -0.25) is 9.59 Å². The first-order valence-corrected chi connectivity index (χ1v) is 23.5. The Bertz CT molecular complexity index is 1830. The Kier molecular flexibility index (Phi) is 23.6. The van der Waals surface area contributed by atoms with Crippen LogP contribution < -0.4 is 19.7 Å². The van der Waals surface area contributed by atoms with E-state index in [1.54, 1.807) is 87.4 Å². The topological polar surface area (TPSA) is 235 Å². The van der Waals surface area contributed by atoms with E-state index in [-0.39, 0.29) is 38.2 Å². The van der Waals surface area contributed by atoms with Gasteiger partial charge in [-0.05, 0) is 123 Å². The van der Waals surface area contributed by atoms with E-state index in [2.05, 4.69) is 5.32 Å². The molecular weight excluding hydrogens is 881 g/mol. The van der Waals surface area contributed by atoms with E-state index in [4.69, 9.17) is 33.2 Å². The van der Waals surface area contributed by atoms with Gasteiger partial charge < -0.3 is 74.0 Å². The third kappa shape index (κ3) is 17.7. The van der Waals surface area contributed by atoms with Crippen molar-refractivity contribution in [2.45, 2.75) is 168 Å². The van der Waals surface area contributed by atoms with Gasteiger partial charge in [0.2, 0.25) is 5.91 Å². The van der Waals surface area contributed by atoms with Crippen LogP contribution in [0.2, 0.25) is 0 Å². The van der Waals surface area contributed by atoms with Gasteiger partial charge >= 0.3 is 5.97 Å². The number of ether oxygens (including phenoxy) is 7. The van der Waals surface area contributed by atoms with Crippen LogP contribution in [0.3, 0.4) is 0 Å². The summed E-state index contributed by atoms with van der Waals surface area (Å²) in [6.45, 7) is 19.4. The number of nitrogens with one attached hydrogen (secondary N) is 1. The zero-order valence-corrected chi connectivity index (χ0v) is 43.6. The third-order valence-electron chi connectivity index (χ3n) is 12.5. The van der Waals surface area contributed by atoms with Gasteiger partial charge in [0, 0.05) is 26.3 Å². The number of hydrogen-bond acceptors (Lipinski definition) is 16. The molecule has 0 aliphatic carbocycles. The van der Waals surface area contributed by atoms with Crippen molar-refractivity contribution in [2.75, 3.05) is 59.6 Å². The summed E-state index contributed by atoms with van der Waals surface area (Å²) >= 11 is 0. The van der Waals surface area contributed by atoms with Crippen LogP contribution in [0, 0.1) is 17.8 Å². The van der Waals surface area contributed by atoms with Crippen molar-refractivity contribution in [1.82, 2.24) is 5.32 Å². The number of hydrogen-bond donors (Lipinski definition) is 7. The van der Waals surface area contributed by atoms with Gasteiger partial charge in [0.05, 0.1) is 80.7 Å². The van der Waals surface area contributed by atoms with Crippen molar-refractivity contribution < 1.29 is 73.4 Å². The molecule has 390 valence electrons. The molecule has 0 aliphatic heterocycles. The van der Waals surface area contributed by atoms with Crippen molar-refractivity contribution in [3.8, 4) is 11.5 Å². The highest BCUT2D eigenvalue weighted by Gasteiger charge is 2.49. The quantitative estimate of drug-likeness (QED) is 0.0525. The number of nitrogens with zero attached hydrogens (tertiary/aromatic N) is 1. The van der Waals surface area contributed by atoms with Gasteiger partial charge in [-0.15, -0.1) is 0 Å². The molecule has 0 radical (unpaired) electrons. The summed E-state index contributed by atoms with van der Waals surface area (Å²) in [5, 5.41) is 70.5. The van der Waals surface area contributed by atoms with Crippen molar-refractivity contribution in [2.24, 2.45) is 17.8 Å². The third-order valence-corrected chi connectivity index (χ3v) is 12.5. The maximum atomic E-state index is 14.2. The second kappa shape index (κ2) is 26.6. The monoisotopic (exact) mass is 967 g/mol. The lowest BCUT2D eigenvalue weighted by molar-refractivity contribution is -0.207. The Morgan fingerprint density at radius 3 is 1.78 bits per heavy atom. The van der Waals surface area contributed by atoms with Crippen LogP contribution >= 0.6 is 0 Å². The number of aliphatic hydroxyl groups is 6. The van der Waals surface area contributed by atoms with Gasteiger partial charge in [-0.25, -0.2) is 0 Å². The Hall–Kier alpha value is -3.62. The Labute approximate surface area is 405 Å². The van der Waals surface area contributed by atoms with E-state index in [1.165, 1.54) is 14.2 Å². The molecule has 1 amide bonds. The molecule has 68 heavy (non-hydrogen) atoms. The molecule has 2 aromatic rings. The Morgan fingerprint density at radius 1 is 0.676 bits per heavy atom. The van der Waals surface area contributed by atoms with Crippen LogP contribution in [0.1, 0.15) is 101 Å². The van der Waals surface area contributed by atoms with Crippen LogP contribution in [0.4, 0.5) is 5.69 Å². The Morgan fingerprint density at radius 2 is 1.25 bits per heavy atom. The van der Waals surface area contributed by atoms with Crippen molar-refractivity contribution in [1.29, 1.82) is 0 Å². The molecule has 2 aromatic carbocycles. The summed E-state index contributed by atoms with van der Waals surface area (Å²) in [4.78, 5) is 29.9. The number of anilines is 1. The molecule has 17 heteroatoms. The van der Waals surface area contributed by atoms with E-state index in [9.17, 15) is 40.2 Å². The molecule has 0 fully saturated rings. The van der Waals surface area contributed by atoms with Crippen molar-refractivity contribution in [3.63, 3.8) is 0 Å². The van der Waals surface area contributed by atoms with Crippen LogP contribution in [-0.2, 0) is 46.3 Å². The molecule has 0 saturated carbocycles. The summed E-state index contributed by atoms with van der Waals surface area (Å²) in [6, 6.07) is 12.8. The molecular formula is C51H86N2O15. The van der Waals surface area contributed by atoms with Crippen LogP contribution in [-0.4, -0.2) is 162 Å². The Balaban J connectivity index is 2.34. The second-order valence-electron chi connectivity index (χ2n) is 20.5. The van der Waals surface area contributed by atoms with Crippen LogP contribution in [0.25, 0.3) is 0 Å². The first-order valence-electron chi connectivity index (χ1n) is 23.5. The van der Waals surface area contributed by atoms with E-state index in [1.807, 2.05) is 57.1 Å². The summed E-state index contributed by atoms with van der Waals surface area (Å²) in [6.07, 6.45) is -9.64. The SMILES string of the molecule is COc1ccc(CCNC(=O)C(C(O)C(O)[C@@H](CO)OC(C)(C)C(C)C)C(C)(C)OCCC(C)(C)O[C@H](CO)C(O)C(O)C(C(=O)OCc2cccc(N(C)C)c2)C(C)(C)OC(C)C)cc1OC. The van der Waals surface area contributed by atoms with Crippen LogP contribution in [0.5, 0.6) is 11.5 Å². The summed E-state index contributed by atoms with van der Waals surface area (Å²) in [5.74, 6) is -3.23. The van der Waals surface area contributed by atoms with Crippen LogP contribution in [0.15, 0.2) is 42.5 Å². The zero-order valence-electron chi connectivity index (χ0n) is 43.6. The molecule has 0 aromatic heterocycles. The average molecular weight is 967 g/mol. The molecule has 6 unspecified atom stereocenters. The highest BCUT2D eigenvalue weighted by molar-refractivity contribution is 5.80. The fourth-order valence-corrected chi connectivity index (χ4v) is 7.95. The van der Waals surface area contributed by atoms with E-state index >= 15 is 0 Å². The number of aliphatic hydroxyl groups excluding tert-OH is 6. The van der Waals surface area contributed by atoms with Gasteiger partial charge in [-0.2, -0.15) is 0 Å². The molecule has 0 saturated heterocycles. The van der Waals surface area contributed by atoms with Crippen molar-refractivity contribution in [3.05, 3.63) is 53.6 Å². The highest BCUT2D eigenvalue weighted by Crippen LogP contribution is 2.34. The molecule has 0 heterocycles. The number of esters is 1. The summed E-state index contributed by atoms with van der Waals surface area (Å²) in [5.41, 5.74) is -2.32. The zero-order chi connectivity index (χ0) is 51.9. The molecule has 0 aliphatic rings. The van der Waals surface area contributed by atoms with E-state index in [0.717, 1.165) is 11.3 Å². The highest BCUT2D eigenvalue weighted by atomic mass is 16.6.